The predicted molar refractivity (Wildman–Crippen MR) is 58.1 cm³/mol. The standard InChI is InChI=1S/C11H22N2O/c1-9(7-11(14)13(2)3)10-5-4-6-12-8-10/h9-10,12H,4-8H2,1-3H3/t9-,10+/m0/s1. The maximum atomic E-state index is 11.5. The summed E-state index contributed by atoms with van der Waals surface area (Å²) in [6, 6.07) is 0. The Hall–Kier alpha value is -0.570. The van der Waals surface area contributed by atoms with Gasteiger partial charge in [0.05, 0.1) is 0 Å². The molecule has 2 atom stereocenters. The summed E-state index contributed by atoms with van der Waals surface area (Å²) in [7, 11) is 3.66. The van der Waals surface area contributed by atoms with Crippen LogP contribution >= 0.6 is 0 Å². The van der Waals surface area contributed by atoms with Crippen molar-refractivity contribution in [3.63, 3.8) is 0 Å². The van der Waals surface area contributed by atoms with Crippen LogP contribution in [-0.2, 0) is 4.79 Å². The fourth-order valence-electron chi connectivity index (χ4n) is 1.99. The quantitative estimate of drug-likeness (QED) is 0.736. The van der Waals surface area contributed by atoms with Crippen molar-refractivity contribution >= 4 is 5.91 Å². The highest BCUT2D eigenvalue weighted by Gasteiger charge is 2.22. The van der Waals surface area contributed by atoms with Gasteiger partial charge in [0.1, 0.15) is 0 Å². The second kappa shape index (κ2) is 5.35. The molecule has 0 bridgehead atoms. The molecule has 82 valence electrons. The molecule has 1 aliphatic rings. The number of hydrogen-bond acceptors (Lipinski definition) is 2. The Bertz CT molecular complexity index is 186. The first-order chi connectivity index (χ1) is 6.61. The Balaban J connectivity index is 2.32. The molecule has 0 saturated carbocycles. The first-order valence-corrected chi connectivity index (χ1v) is 5.52. The number of nitrogens with zero attached hydrogens (tertiary/aromatic N) is 1. The van der Waals surface area contributed by atoms with Crippen molar-refractivity contribution < 1.29 is 4.79 Å². The van der Waals surface area contributed by atoms with Gasteiger partial charge in [-0.2, -0.15) is 0 Å². The number of rotatable bonds is 3. The molecule has 1 N–H and O–H groups in total. The first kappa shape index (κ1) is 11.5. The van der Waals surface area contributed by atoms with E-state index in [9.17, 15) is 4.79 Å². The predicted octanol–water partition coefficient (Wildman–Crippen LogP) is 1.10. The Morgan fingerprint density at radius 2 is 2.29 bits per heavy atom. The zero-order valence-corrected chi connectivity index (χ0v) is 9.55. The fraction of sp³-hybridized carbons (Fsp3) is 0.909. The molecule has 3 heteroatoms. The van der Waals surface area contributed by atoms with Gasteiger partial charge < -0.3 is 10.2 Å². The van der Waals surface area contributed by atoms with Gasteiger partial charge in [-0.05, 0) is 37.8 Å². The molecule has 0 aliphatic carbocycles. The van der Waals surface area contributed by atoms with E-state index in [1.807, 2.05) is 14.1 Å². The topological polar surface area (TPSA) is 32.3 Å². The van der Waals surface area contributed by atoms with Crippen molar-refractivity contribution in [2.24, 2.45) is 11.8 Å². The van der Waals surface area contributed by atoms with Crippen LogP contribution in [0.25, 0.3) is 0 Å². The molecular formula is C11H22N2O. The molecule has 0 aromatic carbocycles. The summed E-state index contributed by atoms with van der Waals surface area (Å²) < 4.78 is 0. The van der Waals surface area contributed by atoms with Gasteiger partial charge in [0.25, 0.3) is 0 Å². The van der Waals surface area contributed by atoms with E-state index in [1.165, 1.54) is 12.8 Å². The smallest absolute Gasteiger partial charge is 0.222 e. The highest BCUT2D eigenvalue weighted by atomic mass is 16.2. The summed E-state index contributed by atoms with van der Waals surface area (Å²) in [5.74, 6) is 1.45. The molecule has 1 fully saturated rings. The third kappa shape index (κ3) is 3.29. The Morgan fingerprint density at radius 1 is 1.57 bits per heavy atom. The van der Waals surface area contributed by atoms with Crippen LogP contribution in [0, 0.1) is 11.8 Å². The van der Waals surface area contributed by atoms with E-state index in [-0.39, 0.29) is 5.91 Å². The minimum absolute atomic E-state index is 0.253. The van der Waals surface area contributed by atoms with Crippen molar-refractivity contribution in [1.82, 2.24) is 10.2 Å². The minimum Gasteiger partial charge on any atom is -0.349 e. The van der Waals surface area contributed by atoms with Crippen molar-refractivity contribution in [3.8, 4) is 0 Å². The Labute approximate surface area is 86.9 Å². The first-order valence-electron chi connectivity index (χ1n) is 5.52. The summed E-state index contributed by atoms with van der Waals surface area (Å²) in [6.45, 7) is 4.42. The van der Waals surface area contributed by atoms with E-state index in [1.54, 1.807) is 4.90 Å². The maximum Gasteiger partial charge on any atom is 0.222 e. The zero-order valence-electron chi connectivity index (χ0n) is 9.55. The van der Waals surface area contributed by atoms with E-state index in [2.05, 4.69) is 12.2 Å². The zero-order chi connectivity index (χ0) is 10.6. The lowest BCUT2D eigenvalue weighted by Gasteiger charge is -2.28. The second-order valence-electron chi connectivity index (χ2n) is 4.58. The maximum absolute atomic E-state index is 11.5. The van der Waals surface area contributed by atoms with Crippen LogP contribution in [0.4, 0.5) is 0 Å². The van der Waals surface area contributed by atoms with E-state index in [0.717, 1.165) is 13.1 Å². The minimum atomic E-state index is 0.253. The fourth-order valence-corrected chi connectivity index (χ4v) is 1.99. The van der Waals surface area contributed by atoms with Gasteiger partial charge in [-0.3, -0.25) is 4.79 Å². The summed E-state index contributed by atoms with van der Waals surface area (Å²) in [5, 5.41) is 3.39. The summed E-state index contributed by atoms with van der Waals surface area (Å²) in [5.41, 5.74) is 0. The van der Waals surface area contributed by atoms with Crippen LogP contribution in [0.5, 0.6) is 0 Å². The van der Waals surface area contributed by atoms with Crippen LogP contribution in [0.15, 0.2) is 0 Å². The average molecular weight is 198 g/mol. The SMILES string of the molecule is C[C@@H](CC(=O)N(C)C)[C@@H]1CCCNC1. The summed E-state index contributed by atoms with van der Waals surface area (Å²) in [4.78, 5) is 13.2. The van der Waals surface area contributed by atoms with Gasteiger partial charge in [-0.15, -0.1) is 0 Å². The molecule has 1 rings (SSSR count). The normalized spacial score (nSPS) is 24.4. The molecule has 1 saturated heterocycles. The van der Waals surface area contributed by atoms with Gasteiger partial charge in [0.2, 0.25) is 5.91 Å². The summed E-state index contributed by atoms with van der Waals surface area (Å²) in [6.07, 6.45) is 3.22. The number of carbonyl (C=O) groups excluding carboxylic acids is 1. The van der Waals surface area contributed by atoms with E-state index < -0.39 is 0 Å². The molecule has 3 nitrogen and oxygen atoms in total. The number of piperidine rings is 1. The Kier molecular flexibility index (Phi) is 4.39. The van der Waals surface area contributed by atoms with Crippen molar-refractivity contribution in [2.75, 3.05) is 27.2 Å². The van der Waals surface area contributed by atoms with Crippen LogP contribution in [-0.4, -0.2) is 38.0 Å². The third-order valence-electron chi connectivity index (χ3n) is 3.14. The van der Waals surface area contributed by atoms with E-state index in [0.29, 0.717) is 18.3 Å². The van der Waals surface area contributed by atoms with Gasteiger partial charge >= 0.3 is 0 Å². The van der Waals surface area contributed by atoms with Crippen molar-refractivity contribution in [3.05, 3.63) is 0 Å². The monoisotopic (exact) mass is 198 g/mol. The molecular weight excluding hydrogens is 176 g/mol. The molecule has 0 aromatic rings. The van der Waals surface area contributed by atoms with Gasteiger partial charge in [0.15, 0.2) is 0 Å². The average Bonchev–Trinajstić information content (AvgIpc) is 2.19. The lowest BCUT2D eigenvalue weighted by atomic mass is 9.85. The molecule has 0 spiro atoms. The van der Waals surface area contributed by atoms with Gasteiger partial charge in [-0.25, -0.2) is 0 Å². The molecule has 0 aromatic heterocycles. The molecule has 1 aliphatic heterocycles. The van der Waals surface area contributed by atoms with Crippen molar-refractivity contribution in [1.29, 1.82) is 0 Å². The van der Waals surface area contributed by atoms with Crippen LogP contribution in [0.2, 0.25) is 0 Å². The molecule has 14 heavy (non-hydrogen) atoms. The van der Waals surface area contributed by atoms with Crippen LogP contribution in [0.3, 0.4) is 0 Å². The molecule has 1 amide bonds. The van der Waals surface area contributed by atoms with Gasteiger partial charge in [0, 0.05) is 20.5 Å². The highest BCUT2D eigenvalue weighted by Crippen LogP contribution is 2.22. The lowest BCUT2D eigenvalue weighted by Crippen LogP contribution is -2.35. The molecule has 1 heterocycles. The molecule has 0 radical (unpaired) electrons. The third-order valence-corrected chi connectivity index (χ3v) is 3.14. The molecule has 0 unspecified atom stereocenters. The largest absolute Gasteiger partial charge is 0.349 e. The number of nitrogens with one attached hydrogen (secondary N) is 1. The van der Waals surface area contributed by atoms with Crippen molar-refractivity contribution in [2.45, 2.75) is 26.2 Å². The highest BCUT2D eigenvalue weighted by molar-refractivity contribution is 5.75. The second-order valence-corrected chi connectivity index (χ2v) is 4.58. The van der Waals surface area contributed by atoms with E-state index >= 15 is 0 Å². The summed E-state index contributed by atoms with van der Waals surface area (Å²) >= 11 is 0. The van der Waals surface area contributed by atoms with Crippen LogP contribution < -0.4 is 5.32 Å². The van der Waals surface area contributed by atoms with Crippen LogP contribution in [0.1, 0.15) is 26.2 Å². The number of carbonyl (C=O) groups is 1. The number of hydrogen-bond donors (Lipinski definition) is 1. The lowest BCUT2D eigenvalue weighted by molar-refractivity contribution is -0.130. The Morgan fingerprint density at radius 3 is 2.79 bits per heavy atom. The number of amides is 1. The van der Waals surface area contributed by atoms with Gasteiger partial charge in [-0.1, -0.05) is 6.92 Å². The van der Waals surface area contributed by atoms with E-state index in [4.69, 9.17) is 0 Å².